The predicted octanol–water partition coefficient (Wildman–Crippen LogP) is 0.150. The van der Waals surface area contributed by atoms with Crippen molar-refractivity contribution in [3.05, 3.63) is 0 Å². The molecule has 2 rings (SSSR count). The lowest BCUT2D eigenvalue weighted by Crippen LogP contribution is -2.49. The summed E-state index contributed by atoms with van der Waals surface area (Å²) in [6.45, 7) is 8.84. The van der Waals surface area contributed by atoms with E-state index in [2.05, 4.69) is 22.0 Å². The van der Waals surface area contributed by atoms with Gasteiger partial charge in [0.05, 0.1) is 6.54 Å². The summed E-state index contributed by atoms with van der Waals surface area (Å²) in [4.78, 5) is 16.4. The van der Waals surface area contributed by atoms with Crippen molar-refractivity contribution in [1.82, 2.24) is 15.1 Å². The number of likely N-dealkylation sites (tertiary alicyclic amines) is 1. The van der Waals surface area contributed by atoms with Crippen LogP contribution in [0.25, 0.3) is 0 Å². The summed E-state index contributed by atoms with van der Waals surface area (Å²) in [7, 11) is 0. The fourth-order valence-corrected chi connectivity index (χ4v) is 2.58. The Morgan fingerprint density at radius 1 is 1.31 bits per heavy atom. The second-order valence-electron chi connectivity index (χ2n) is 5.11. The molecule has 16 heavy (non-hydrogen) atoms. The smallest absolute Gasteiger partial charge is 0.236 e. The van der Waals surface area contributed by atoms with Crippen LogP contribution in [-0.2, 0) is 4.79 Å². The van der Waals surface area contributed by atoms with Gasteiger partial charge >= 0.3 is 0 Å². The van der Waals surface area contributed by atoms with Crippen molar-refractivity contribution < 1.29 is 4.79 Å². The zero-order chi connectivity index (χ0) is 11.4. The Balaban J connectivity index is 1.77. The Morgan fingerprint density at radius 3 is 2.75 bits per heavy atom. The molecular formula is C12H23N3O. The normalized spacial score (nSPS) is 28.1. The number of nitrogens with zero attached hydrogens (tertiary/aromatic N) is 2. The summed E-state index contributed by atoms with van der Waals surface area (Å²) in [5.41, 5.74) is 0. The number of rotatable bonds is 2. The molecule has 2 fully saturated rings. The molecule has 0 spiro atoms. The minimum absolute atomic E-state index is 0.327. The Hall–Kier alpha value is -0.610. The molecule has 2 saturated heterocycles. The molecule has 92 valence electrons. The molecule has 0 aromatic rings. The molecule has 4 heteroatoms. The lowest BCUT2D eigenvalue weighted by Gasteiger charge is -2.34. The van der Waals surface area contributed by atoms with Crippen molar-refractivity contribution in [3.8, 4) is 0 Å². The van der Waals surface area contributed by atoms with E-state index in [0.717, 1.165) is 39.3 Å². The molecular weight excluding hydrogens is 202 g/mol. The van der Waals surface area contributed by atoms with Gasteiger partial charge in [0, 0.05) is 39.3 Å². The first-order chi connectivity index (χ1) is 7.75. The lowest BCUT2D eigenvalue weighted by atomic mass is 10.0. The molecule has 2 aliphatic rings. The minimum Gasteiger partial charge on any atom is -0.341 e. The van der Waals surface area contributed by atoms with Crippen molar-refractivity contribution in [1.29, 1.82) is 0 Å². The highest BCUT2D eigenvalue weighted by Gasteiger charge is 2.22. The van der Waals surface area contributed by atoms with Gasteiger partial charge in [0.15, 0.2) is 0 Å². The number of hydrogen-bond donors (Lipinski definition) is 1. The van der Waals surface area contributed by atoms with Crippen LogP contribution in [-0.4, -0.2) is 61.5 Å². The van der Waals surface area contributed by atoms with Crippen molar-refractivity contribution in [2.24, 2.45) is 5.92 Å². The van der Waals surface area contributed by atoms with Gasteiger partial charge in [0.2, 0.25) is 5.91 Å². The zero-order valence-electron chi connectivity index (χ0n) is 10.2. The van der Waals surface area contributed by atoms with E-state index in [-0.39, 0.29) is 0 Å². The summed E-state index contributed by atoms with van der Waals surface area (Å²) >= 11 is 0. The Morgan fingerprint density at radius 2 is 2.06 bits per heavy atom. The molecule has 0 aromatic carbocycles. The number of piperazine rings is 1. The molecule has 1 atom stereocenters. The van der Waals surface area contributed by atoms with Crippen LogP contribution in [0, 0.1) is 5.92 Å². The van der Waals surface area contributed by atoms with Crippen LogP contribution in [0.1, 0.15) is 19.8 Å². The fraction of sp³-hybridized carbons (Fsp3) is 0.917. The van der Waals surface area contributed by atoms with Gasteiger partial charge in [-0.05, 0) is 18.8 Å². The van der Waals surface area contributed by atoms with Crippen LogP contribution in [0.4, 0.5) is 0 Å². The third-order valence-corrected chi connectivity index (χ3v) is 3.58. The summed E-state index contributed by atoms with van der Waals surface area (Å²) in [6, 6.07) is 0. The van der Waals surface area contributed by atoms with Gasteiger partial charge in [0.25, 0.3) is 0 Å². The van der Waals surface area contributed by atoms with E-state index in [0.29, 0.717) is 18.4 Å². The topological polar surface area (TPSA) is 35.6 Å². The highest BCUT2D eigenvalue weighted by Crippen LogP contribution is 2.15. The standard InChI is InChI=1S/C12H23N3O/c1-11-3-2-6-15(9-11)12(16)10-14-7-4-13-5-8-14/h11,13H,2-10H2,1H3. The van der Waals surface area contributed by atoms with Gasteiger partial charge in [-0.3, -0.25) is 9.69 Å². The average molecular weight is 225 g/mol. The molecule has 0 aliphatic carbocycles. The van der Waals surface area contributed by atoms with Crippen molar-refractivity contribution in [3.63, 3.8) is 0 Å². The van der Waals surface area contributed by atoms with Gasteiger partial charge in [-0.2, -0.15) is 0 Å². The Labute approximate surface area is 98.0 Å². The fourth-order valence-electron chi connectivity index (χ4n) is 2.58. The highest BCUT2D eigenvalue weighted by atomic mass is 16.2. The summed E-state index contributed by atoms with van der Waals surface area (Å²) in [5, 5.41) is 3.31. The van der Waals surface area contributed by atoms with E-state index in [1.165, 1.54) is 12.8 Å². The molecule has 2 aliphatic heterocycles. The maximum absolute atomic E-state index is 12.1. The van der Waals surface area contributed by atoms with Crippen LogP contribution in [0.5, 0.6) is 0 Å². The highest BCUT2D eigenvalue weighted by molar-refractivity contribution is 5.78. The first-order valence-electron chi connectivity index (χ1n) is 6.46. The van der Waals surface area contributed by atoms with E-state index < -0.39 is 0 Å². The van der Waals surface area contributed by atoms with Crippen LogP contribution < -0.4 is 5.32 Å². The molecule has 4 nitrogen and oxygen atoms in total. The number of nitrogens with one attached hydrogen (secondary N) is 1. The maximum Gasteiger partial charge on any atom is 0.236 e. The van der Waals surface area contributed by atoms with Crippen LogP contribution in [0.15, 0.2) is 0 Å². The van der Waals surface area contributed by atoms with Crippen molar-refractivity contribution in [2.45, 2.75) is 19.8 Å². The molecule has 0 saturated carbocycles. The molecule has 2 heterocycles. The van der Waals surface area contributed by atoms with Gasteiger partial charge in [-0.15, -0.1) is 0 Å². The van der Waals surface area contributed by atoms with E-state index in [9.17, 15) is 4.79 Å². The first kappa shape index (κ1) is 11.9. The van der Waals surface area contributed by atoms with Crippen molar-refractivity contribution >= 4 is 5.91 Å². The second kappa shape index (κ2) is 5.64. The number of hydrogen-bond acceptors (Lipinski definition) is 3. The number of piperidine rings is 1. The monoisotopic (exact) mass is 225 g/mol. The largest absolute Gasteiger partial charge is 0.341 e. The molecule has 1 unspecified atom stereocenters. The van der Waals surface area contributed by atoms with Crippen LogP contribution >= 0.6 is 0 Å². The van der Waals surface area contributed by atoms with E-state index >= 15 is 0 Å². The summed E-state index contributed by atoms with van der Waals surface area (Å²) in [5.74, 6) is 1.01. The lowest BCUT2D eigenvalue weighted by molar-refractivity contribution is -0.134. The third-order valence-electron chi connectivity index (χ3n) is 3.58. The molecule has 1 N–H and O–H groups in total. The zero-order valence-corrected chi connectivity index (χ0v) is 10.2. The molecule has 0 radical (unpaired) electrons. The van der Waals surface area contributed by atoms with E-state index in [1.807, 2.05) is 0 Å². The first-order valence-corrected chi connectivity index (χ1v) is 6.46. The van der Waals surface area contributed by atoms with E-state index in [1.54, 1.807) is 0 Å². The quantitative estimate of drug-likeness (QED) is 0.726. The molecule has 0 bridgehead atoms. The van der Waals surface area contributed by atoms with Gasteiger partial charge in [0.1, 0.15) is 0 Å². The maximum atomic E-state index is 12.1. The number of amides is 1. The minimum atomic E-state index is 0.327. The van der Waals surface area contributed by atoms with Gasteiger partial charge in [-0.25, -0.2) is 0 Å². The third kappa shape index (κ3) is 3.19. The van der Waals surface area contributed by atoms with E-state index in [4.69, 9.17) is 0 Å². The number of carbonyl (C=O) groups is 1. The van der Waals surface area contributed by atoms with Crippen LogP contribution in [0.3, 0.4) is 0 Å². The Bertz CT molecular complexity index is 238. The van der Waals surface area contributed by atoms with Crippen LogP contribution in [0.2, 0.25) is 0 Å². The summed E-state index contributed by atoms with van der Waals surface area (Å²) in [6.07, 6.45) is 2.45. The predicted molar refractivity (Wildman–Crippen MR) is 64.3 cm³/mol. The van der Waals surface area contributed by atoms with Gasteiger partial charge in [-0.1, -0.05) is 6.92 Å². The SMILES string of the molecule is CC1CCCN(C(=O)CN2CCNCC2)C1. The summed E-state index contributed by atoms with van der Waals surface area (Å²) < 4.78 is 0. The Kier molecular flexibility index (Phi) is 4.18. The molecule has 1 amide bonds. The second-order valence-corrected chi connectivity index (χ2v) is 5.11. The number of carbonyl (C=O) groups excluding carboxylic acids is 1. The van der Waals surface area contributed by atoms with Crippen molar-refractivity contribution in [2.75, 3.05) is 45.8 Å². The molecule has 0 aromatic heterocycles. The average Bonchev–Trinajstić information content (AvgIpc) is 2.30. The van der Waals surface area contributed by atoms with Gasteiger partial charge < -0.3 is 10.2 Å².